The molecule has 0 amide bonds. The Bertz CT molecular complexity index is 1230. The molecule has 2 aliphatic carbocycles. The van der Waals surface area contributed by atoms with E-state index in [9.17, 15) is 13.5 Å². The van der Waals surface area contributed by atoms with E-state index in [-0.39, 0.29) is 24.5 Å². The zero-order valence-electron chi connectivity index (χ0n) is 17.4. The predicted molar refractivity (Wildman–Crippen MR) is 118 cm³/mol. The summed E-state index contributed by atoms with van der Waals surface area (Å²) in [7, 11) is -4.03. The van der Waals surface area contributed by atoms with Gasteiger partial charge in [-0.25, -0.2) is 20.1 Å². The van der Waals surface area contributed by atoms with E-state index in [4.69, 9.17) is 10.1 Å². The minimum Gasteiger partial charge on any atom is -0.393 e. The highest BCUT2D eigenvalue weighted by molar-refractivity contribution is 7.84. The number of anilines is 1. The molecule has 4 atom stereocenters. The summed E-state index contributed by atoms with van der Waals surface area (Å²) in [5.41, 5.74) is 3.98. The van der Waals surface area contributed by atoms with Gasteiger partial charge in [-0.15, -0.1) is 0 Å². The highest BCUT2D eigenvalue weighted by atomic mass is 32.2. The quantitative estimate of drug-likeness (QED) is 0.434. The Hall–Kier alpha value is -2.60. The Kier molecular flexibility index (Phi) is 5.58. The van der Waals surface area contributed by atoms with Crippen molar-refractivity contribution in [1.29, 1.82) is 0 Å². The number of H-pyrrole nitrogens is 1. The van der Waals surface area contributed by atoms with Gasteiger partial charge in [-0.05, 0) is 43.2 Å². The number of nitrogens with zero attached hydrogens (tertiary/aromatic N) is 3. The van der Waals surface area contributed by atoms with Gasteiger partial charge in [0, 0.05) is 17.9 Å². The minimum absolute atomic E-state index is 0.0978. The molecule has 5 N–H and O–H groups in total. The summed E-state index contributed by atoms with van der Waals surface area (Å²) in [6.07, 6.45) is 4.96. The summed E-state index contributed by atoms with van der Waals surface area (Å²) in [6, 6.07) is 8.39. The number of aliphatic hydroxyl groups excluding tert-OH is 1. The SMILES string of the molecule is NS(=O)(=O)OC[C@@H]1C[C@@H](Nc2ncnc3nc(C4CCCc5ccccc54)[nH]c23)C[C@@H]1O. The number of benzene rings is 1. The lowest BCUT2D eigenvalue weighted by molar-refractivity contribution is 0.101. The number of fused-ring (bicyclic) bond motifs is 2. The maximum absolute atomic E-state index is 11.1. The van der Waals surface area contributed by atoms with E-state index in [0.717, 1.165) is 30.6 Å². The van der Waals surface area contributed by atoms with Crippen molar-refractivity contribution in [2.24, 2.45) is 11.1 Å². The Labute approximate surface area is 185 Å². The fourth-order valence-corrected chi connectivity index (χ4v) is 5.30. The molecule has 11 heteroatoms. The zero-order chi connectivity index (χ0) is 22.3. The number of imidazole rings is 1. The van der Waals surface area contributed by atoms with Gasteiger partial charge in [-0.2, -0.15) is 8.42 Å². The van der Waals surface area contributed by atoms with Gasteiger partial charge in [0.15, 0.2) is 11.5 Å². The minimum atomic E-state index is -4.03. The molecule has 32 heavy (non-hydrogen) atoms. The van der Waals surface area contributed by atoms with Crippen LogP contribution in [0.5, 0.6) is 0 Å². The smallest absolute Gasteiger partial charge is 0.333 e. The van der Waals surface area contributed by atoms with Crippen molar-refractivity contribution < 1.29 is 17.7 Å². The normalized spacial score (nSPS) is 25.7. The van der Waals surface area contributed by atoms with Crippen molar-refractivity contribution in [3.05, 3.63) is 47.5 Å². The topological polar surface area (TPSA) is 156 Å². The number of hydrogen-bond acceptors (Lipinski definition) is 8. The van der Waals surface area contributed by atoms with Crippen LogP contribution in [0.2, 0.25) is 0 Å². The molecule has 0 aliphatic heterocycles. The lowest BCUT2D eigenvalue weighted by Crippen LogP contribution is -2.24. The molecule has 1 aromatic carbocycles. The van der Waals surface area contributed by atoms with Crippen LogP contribution in [0.25, 0.3) is 11.2 Å². The standard InChI is InChI=1S/C21H26N6O4S/c22-32(29,30)31-10-13-8-14(9-17(13)28)25-20-18-21(24-11-23-20)27-19(26-18)16-7-3-5-12-4-1-2-6-15(12)16/h1-2,4,6,11,13-14,16-17,28H,3,5,7-10H2,(H2,22,29,30)(H2,23,24,25,26,27)/t13-,14+,16?,17-/m0/s1. The molecule has 170 valence electrons. The van der Waals surface area contributed by atoms with Crippen LogP contribution in [0.4, 0.5) is 5.82 Å². The first kappa shape index (κ1) is 21.3. The lowest BCUT2D eigenvalue weighted by Gasteiger charge is -2.23. The fraction of sp³-hybridized carbons (Fsp3) is 0.476. The number of rotatable bonds is 6. The van der Waals surface area contributed by atoms with E-state index in [1.165, 1.54) is 17.5 Å². The van der Waals surface area contributed by atoms with E-state index in [1.54, 1.807) is 0 Å². The molecular formula is C21H26N6O4S. The monoisotopic (exact) mass is 458 g/mol. The Morgan fingerprint density at radius 1 is 1.25 bits per heavy atom. The number of nitrogens with two attached hydrogens (primary N) is 1. The molecule has 0 spiro atoms. The first-order chi connectivity index (χ1) is 15.4. The molecule has 2 aliphatic rings. The van der Waals surface area contributed by atoms with Crippen molar-refractivity contribution in [2.45, 2.75) is 50.2 Å². The van der Waals surface area contributed by atoms with Crippen molar-refractivity contribution in [1.82, 2.24) is 19.9 Å². The maximum Gasteiger partial charge on any atom is 0.333 e. The van der Waals surface area contributed by atoms with Gasteiger partial charge in [-0.3, -0.25) is 4.18 Å². The van der Waals surface area contributed by atoms with Crippen LogP contribution in [0.1, 0.15) is 48.6 Å². The Morgan fingerprint density at radius 2 is 2.09 bits per heavy atom. The molecule has 5 rings (SSSR count). The van der Waals surface area contributed by atoms with Gasteiger partial charge in [0.05, 0.1) is 12.7 Å². The summed E-state index contributed by atoms with van der Waals surface area (Å²) in [5.74, 6) is 1.35. The van der Waals surface area contributed by atoms with Crippen LogP contribution < -0.4 is 10.5 Å². The number of hydrogen-bond donors (Lipinski definition) is 4. The lowest BCUT2D eigenvalue weighted by atomic mass is 9.82. The third-order valence-electron chi connectivity index (χ3n) is 6.45. The summed E-state index contributed by atoms with van der Waals surface area (Å²) in [6.45, 7) is -0.146. The predicted octanol–water partition coefficient (Wildman–Crippen LogP) is 1.59. The molecule has 2 aromatic heterocycles. The van der Waals surface area contributed by atoms with Crippen LogP contribution in [0, 0.1) is 5.92 Å². The van der Waals surface area contributed by atoms with Crippen LogP contribution in [0.3, 0.4) is 0 Å². The van der Waals surface area contributed by atoms with Gasteiger partial charge in [0.25, 0.3) is 0 Å². The molecule has 3 aromatic rings. The number of aryl methyl sites for hydroxylation is 1. The van der Waals surface area contributed by atoms with Gasteiger partial charge >= 0.3 is 10.3 Å². The second-order valence-corrected chi connectivity index (χ2v) is 9.83. The van der Waals surface area contributed by atoms with E-state index in [2.05, 4.69) is 48.7 Å². The molecule has 2 heterocycles. The highest BCUT2D eigenvalue weighted by Gasteiger charge is 2.34. The molecule has 1 unspecified atom stereocenters. The molecular weight excluding hydrogens is 432 g/mol. The number of aromatic amines is 1. The zero-order valence-corrected chi connectivity index (χ0v) is 18.3. The third-order valence-corrected chi connectivity index (χ3v) is 6.92. The summed E-state index contributed by atoms with van der Waals surface area (Å²) < 4.78 is 26.8. The Balaban J connectivity index is 1.36. The number of nitrogens with one attached hydrogen (secondary N) is 2. The number of aliphatic hydroxyl groups is 1. The molecule has 0 bridgehead atoms. The molecule has 0 radical (unpaired) electrons. The van der Waals surface area contributed by atoms with Crippen molar-refractivity contribution in [3.8, 4) is 0 Å². The molecule has 10 nitrogen and oxygen atoms in total. The Morgan fingerprint density at radius 3 is 2.94 bits per heavy atom. The largest absolute Gasteiger partial charge is 0.393 e. The van der Waals surface area contributed by atoms with Gasteiger partial charge in [-0.1, -0.05) is 24.3 Å². The van der Waals surface area contributed by atoms with E-state index in [0.29, 0.717) is 24.3 Å². The van der Waals surface area contributed by atoms with Gasteiger partial charge < -0.3 is 15.4 Å². The van der Waals surface area contributed by atoms with E-state index in [1.807, 2.05) is 0 Å². The summed E-state index contributed by atoms with van der Waals surface area (Å²) in [5, 5.41) is 18.6. The average molecular weight is 459 g/mol. The van der Waals surface area contributed by atoms with Crippen LogP contribution in [0.15, 0.2) is 30.6 Å². The van der Waals surface area contributed by atoms with E-state index >= 15 is 0 Å². The summed E-state index contributed by atoms with van der Waals surface area (Å²) in [4.78, 5) is 16.9. The fourth-order valence-electron chi connectivity index (χ4n) is 4.93. The van der Waals surface area contributed by atoms with E-state index < -0.39 is 16.4 Å². The van der Waals surface area contributed by atoms with Crippen LogP contribution in [-0.2, 0) is 20.9 Å². The first-order valence-corrected chi connectivity index (χ1v) is 12.2. The van der Waals surface area contributed by atoms with Crippen LogP contribution >= 0.6 is 0 Å². The molecule has 0 saturated heterocycles. The second-order valence-electron chi connectivity index (χ2n) is 8.60. The number of aromatic nitrogens is 4. The van der Waals surface area contributed by atoms with Gasteiger partial charge in [0.1, 0.15) is 17.7 Å². The first-order valence-electron chi connectivity index (χ1n) is 10.8. The molecule has 1 fully saturated rings. The summed E-state index contributed by atoms with van der Waals surface area (Å²) >= 11 is 0. The van der Waals surface area contributed by atoms with Crippen molar-refractivity contribution >= 4 is 27.3 Å². The third kappa shape index (κ3) is 4.33. The average Bonchev–Trinajstić information content (AvgIpc) is 3.35. The second kappa shape index (κ2) is 8.39. The molecule has 1 saturated carbocycles. The van der Waals surface area contributed by atoms with Crippen molar-refractivity contribution in [2.75, 3.05) is 11.9 Å². The van der Waals surface area contributed by atoms with Gasteiger partial charge in [0.2, 0.25) is 0 Å². The maximum atomic E-state index is 11.1. The highest BCUT2D eigenvalue weighted by Crippen LogP contribution is 2.36. The van der Waals surface area contributed by atoms with Crippen molar-refractivity contribution in [3.63, 3.8) is 0 Å². The van der Waals surface area contributed by atoms with Crippen LogP contribution in [-0.4, -0.2) is 52.2 Å².